The average molecular weight is 370 g/mol. The third kappa shape index (κ3) is 4.46. The van der Waals surface area contributed by atoms with Crippen LogP contribution >= 0.6 is 11.3 Å². The van der Waals surface area contributed by atoms with Gasteiger partial charge in [0.1, 0.15) is 10.6 Å². The average Bonchev–Trinajstić information content (AvgIpc) is 3.01. The Labute approximate surface area is 157 Å². The number of aryl methyl sites for hydroxylation is 2. The Morgan fingerprint density at radius 3 is 2.69 bits per heavy atom. The predicted molar refractivity (Wildman–Crippen MR) is 104 cm³/mol. The van der Waals surface area contributed by atoms with E-state index in [0.29, 0.717) is 23.5 Å². The van der Waals surface area contributed by atoms with Crippen LogP contribution in [0.15, 0.2) is 33.8 Å². The largest absolute Gasteiger partial charge is 0.465 e. The highest BCUT2D eigenvalue weighted by molar-refractivity contribution is 7.12. The molecular weight excluding hydrogens is 348 g/mol. The molecule has 0 bridgehead atoms. The molecule has 0 unspecified atom stereocenters. The highest BCUT2D eigenvalue weighted by atomic mass is 32.1. The van der Waals surface area contributed by atoms with Gasteiger partial charge >= 0.3 is 5.97 Å². The molecule has 0 amide bonds. The molecule has 0 saturated heterocycles. The van der Waals surface area contributed by atoms with E-state index >= 15 is 0 Å². The minimum absolute atomic E-state index is 0.403. The van der Waals surface area contributed by atoms with Crippen LogP contribution in [0.25, 0.3) is 0 Å². The van der Waals surface area contributed by atoms with Gasteiger partial charge in [-0.25, -0.2) is 4.79 Å². The first-order chi connectivity index (χ1) is 12.5. The maximum atomic E-state index is 11.8. The lowest BCUT2D eigenvalue weighted by Gasteiger charge is -2.22. The van der Waals surface area contributed by atoms with Gasteiger partial charge in [0.05, 0.1) is 25.3 Å². The van der Waals surface area contributed by atoms with Crippen LogP contribution in [0.4, 0.5) is 17.1 Å². The first-order valence-electron chi connectivity index (χ1n) is 8.32. The Balaban J connectivity index is 2.26. The molecule has 0 fully saturated rings. The van der Waals surface area contributed by atoms with E-state index in [1.165, 1.54) is 18.4 Å². The van der Waals surface area contributed by atoms with Gasteiger partial charge in [-0.1, -0.05) is 0 Å². The Morgan fingerprint density at radius 1 is 1.31 bits per heavy atom. The van der Waals surface area contributed by atoms with Gasteiger partial charge in [-0.15, -0.1) is 16.5 Å². The summed E-state index contributed by atoms with van der Waals surface area (Å²) in [4.78, 5) is 14.4. The third-order valence-corrected chi connectivity index (χ3v) is 5.06. The number of anilines is 1. The van der Waals surface area contributed by atoms with Crippen LogP contribution in [-0.4, -0.2) is 26.2 Å². The zero-order valence-electron chi connectivity index (χ0n) is 15.4. The SMILES string of the molecule is CCN(CCC#N)c1ccc(N=Nc2c(C)csc2C(=O)OC)c(C)c1. The summed E-state index contributed by atoms with van der Waals surface area (Å²) in [5.74, 6) is -0.403. The van der Waals surface area contributed by atoms with Crippen molar-refractivity contribution in [2.45, 2.75) is 27.2 Å². The van der Waals surface area contributed by atoms with E-state index in [9.17, 15) is 4.79 Å². The summed E-state index contributed by atoms with van der Waals surface area (Å²) in [5, 5.41) is 19.3. The summed E-state index contributed by atoms with van der Waals surface area (Å²) in [7, 11) is 1.35. The Bertz CT molecular complexity index is 852. The van der Waals surface area contributed by atoms with Crippen LogP contribution in [0.5, 0.6) is 0 Å². The van der Waals surface area contributed by atoms with Crippen molar-refractivity contribution in [1.82, 2.24) is 0 Å². The second kappa shape index (κ2) is 9.11. The van der Waals surface area contributed by atoms with Gasteiger partial charge in [-0.3, -0.25) is 0 Å². The Morgan fingerprint density at radius 2 is 2.08 bits per heavy atom. The van der Waals surface area contributed by atoms with E-state index in [1.54, 1.807) is 0 Å². The number of carbonyl (C=O) groups is 1. The fourth-order valence-corrected chi connectivity index (χ4v) is 3.41. The minimum atomic E-state index is -0.403. The number of hydrogen-bond acceptors (Lipinski definition) is 7. The van der Waals surface area contributed by atoms with Crippen LogP contribution in [0.1, 0.15) is 34.1 Å². The summed E-state index contributed by atoms with van der Waals surface area (Å²) >= 11 is 1.30. The monoisotopic (exact) mass is 370 g/mol. The zero-order chi connectivity index (χ0) is 19.1. The molecule has 26 heavy (non-hydrogen) atoms. The molecule has 0 saturated carbocycles. The van der Waals surface area contributed by atoms with Crippen molar-refractivity contribution in [3.63, 3.8) is 0 Å². The van der Waals surface area contributed by atoms with E-state index in [4.69, 9.17) is 10.00 Å². The van der Waals surface area contributed by atoms with E-state index in [2.05, 4.69) is 28.1 Å². The molecule has 0 aliphatic heterocycles. The predicted octanol–water partition coefficient (Wildman–Crippen LogP) is 5.31. The maximum Gasteiger partial charge on any atom is 0.350 e. The quantitative estimate of drug-likeness (QED) is 0.489. The van der Waals surface area contributed by atoms with E-state index < -0.39 is 5.97 Å². The molecular formula is C19H22N4O2S. The molecule has 2 aromatic rings. The smallest absolute Gasteiger partial charge is 0.350 e. The lowest BCUT2D eigenvalue weighted by atomic mass is 10.1. The first kappa shape index (κ1) is 19.6. The van der Waals surface area contributed by atoms with Gasteiger partial charge in [0.25, 0.3) is 0 Å². The number of esters is 1. The van der Waals surface area contributed by atoms with Crippen molar-refractivity contribution in [3.05, 3.63) is 39.6 Å². The number of azo groups is 1. The maximum absolute atomic E-state index is 11.8. The van der Waals surface area contributed by atoms with Crippen LogP contribution in [0.3, 0.4) is 0 Å². The van der Waals surface area contributed by atoms with Crippen LogP contribution in [-0.2, 0) is 4.74 Å². The molecule has 0 N–H and O–H groups in total. The van der Waals surface area contributed by atoms with Gasteiger partial charge in [0.2, 0.25) is 0 Å². The van der Waals surface area contributed by atoms with E-state index in [0.717, 1.165) is 29.0 Å². The van der Waals surface area contributed by atoms with Gasteiger partial charge in [0, 0.05) is 18.8 Å². The van der Waals surface area contributed by atoms with Crippen LogP contribution < -0.4 is 4.90 Å². The molecule has 2 rings (SSSR count). The number of benzene rings is 1. The molecule has 1 aromatic heterocycles. The Kier molecular flexibility index (Phi) is 6.87. The third-order valence-electron chi connectivity index (χ3n) is 3.99. The minimum Gasteiger partial charge on any atom is -0.465 e. The molecule has 0 spiro atoms. The van der Waals surface area contributed by atoms with E-state index in [1.807, 2.05) is 37.4 Å². The zero-order valence-corrected chi connectivity index (χ0v) is 16.3. The fraction of sp³-hybridized carbons (Fsp3) is 0.368. The number of ether oxygens (including phenoxy) is 1. The molecule has 6 nitrogen and oxygen atoms in total. The molecule has 0 aliphatic rings. The molecule has 136 valence electrons. The lowest BCUT2D eigenvalue weighted by Crippen LogP contribution is -2.23. The van der Waals surface area contributed by atoms with Gasteiger partial charge < -0.3 is 9.64 Å². The molecule has 1 heterocycles. The molecule has 0 radical (unpaired) electrons. The number of nitriles is 1. The van der Waals surface area contributed by atoms with Crippen molar-refractivity contribution in [3.8, 4) is 6.07 Å². The highest BCUT2D eigenvalue weighted by Gasteiger charge is 2.16. The number of thiophene rings is 1. The van der Waals surface area contributed by atoms with Crippen molar-refractivity contribution in [2.24, 2.45) is 10.2 Å². The van der Waals surface area contributed by atoms with Crippen molar-refractivity contribution >= 4 is 34.4 Å². The molecule has 0 aliphatic carbocycles. The highest BCUT2D eigenvalue weighted by Crippen LogP contribution is 2.33. The number of nitrogens with zero attached hydrogens (tertiary/aromatic N) is 4. The summed E-state index contributed by atoms with van der Waals surface area (Å²) in [6.07, 6.45) is 0.488. The fourth-order valence-electron chi connectivity index (χ4n) is 2.51. The number of carbonyl (C=O) groups excluding carboxylic acids is 1. The first-order valence-corrected chi connectivity index (χ1v) is 9.20. The van der Waals surface area contributed by atoms with Crippen LogP contribution in [0.2, 0.25) is 0 Å². The number of rotatable bonds is 7. The van der Waals surface area contributed by atoms with Gasteiger partial charge in [0.15, 0.2) is 0 Å². The van der Waals surface area contributed by atoms with E-state index in [-0.39, 0.29) is 0 Å². The van der Waals surface area contributed by atoms with Crippen LogP contribution in [0, 0.1) is 25.2 Å². The van der Waals surface area contributed by atoms with Crippen molar-refractivity contribution in [2.75, 3.05) is 25.1 Å². The number of methoxy groups -OCH3 is 1. The summed E-state index contributed by atoms with van der Waals surface area (Å²) in [6.45, 7) is 7.45. The molecule has 7 heteroatoms. The van der Waals surface area contributed by atoms with Gasteiger partial charge in [-0.05, 0) is 55.5 Å². The molecule has 0 atom stereocenters. The number of hydrogen-bond donors (Lipinski definition) is 0. The van der Waals surface area contributed by atoms with Crippen molar-refractivity contribution in [1.29, 1.82) is 5.26 Å². The second-order valence-electron chi connectivity index (χ2n) is 5.75. The summed E-state index contributed by atoms with van der Waals surface area (Å²) in [6, 6.07) is 8.10. The standard InChI is InChI=1S/C19H22N4O2S/c1-5-23(10-6-9-20)15-7-8-16(13(2)11-15)21-22-17-14(3)12-26-18(17)19(24)25-4/h7-8,11-12H,5-6,10H2,1-4H3. The summed E-state index contributed by atoms with van der Waals surface area (Å²) in [5.41, 5.74) is 4.22. The van der Waals surface area contributed by atoms with Crippen molar-refractivity contribution < 1.29 is 9.53 Å². The summed E-state index contributed by atoms with van der Waals surface area (Å²) < 4.78 is 4.79. The molecule has 1 aromatic carbocycles. The second-order valence-corrected chi connectivity index (χ2v) is 6.63. The van der Waals surface area contributed by atoms with Gasteiger partial charge in [-0.2, -0.15) is 10.4 Å². The normalized spacial score (nSPS) is 10.7. The Hall–Kier alpha value is -2.72. The topological polar surface area (TPSA) is 78.0 Å². The lowest BCUT2D eigenvalue weighted by molar-refractivity contribution is 0.0607.